The molecule has 6 nitrogen and oxygen atoms in total. The number of amides is 1. The van der Waals surface area contributed by atoms with Gasteiger partial charge in [0.25, 0.3) is 5.91 Å². The lowest BCUT2D eigenvalue weighted by Crippen LogP contribution is -2.46. The smallest absolute Gasteiger partial charge is 0.459 e. The Kier molecular flexibility index (Phi) is 8.29. The molecule has 0 unspecified atom stereocenters. The van der Waals surface area contributed by atoms with E-state index in [9.17, 15) is 4.79 Å². The molecule has 0 aliphatic rings. The van der Waals surface area contributed by atoms with Gasteiger partial charge < -0.3 is 23.0 Å². The van der Waals surface area contributed by atoms with Gasteiger partial charge in [0.2, 0.25) is 0 Å². The maximum absolute atomic E-state index is 11.7. The first-order chi connectivity index (χ1) is 10.2. The van der Waals surface area contributed by atoms with Gasteiger partial charge in [-0.2, -0.15) is 0 Å². The first-order valence-electron chi connectivity index (χ1n) is 7.41. The SMILES string of the molecule is CCO[Si](CCCNC(=O)c1ccco1)(OCC)OCC. The van der Waals surface area contributed by atoms with Crippen LogP contribution in [0.15, 0.2) is 22.8 Å². The summed E-state index contributed by atoms with van der Waals surface area (Å²) in [4.78, 5) is 11.7. The maximum Gasteiger partial charge on any atom is 0.500 e. The van der Waals surface area contributed by atoms with Crippen molar-refractivity contribution in [1.29, 1.82) is 0 Å². The molecule has 0 radical (unpaired) electrons. The molecule has 1 rings (SSSR count). The van der Waals surface area contributed by atoms with Gasteiger partial charge in [-0.1, -0.05) is 0 Å². The molecule has 120 valence electrons. The molecular weight excluding hydrogens is 290 g/mol. The van der Waals surface area contributed by atoms with Crippen LogP contribution in [-0.4, -0.2) is 41.1 Å². The Morgan fingerprint density at radius 2 is 1.81 bits per heavy atom. The van der Waals surface area contributed by atoms with Crippen molar-refractivity contribution in [3.63, 3.8) is 0 Å². The zero-order valence-electron chi connectivity index (χ0n) is 13.0. The first kappa shape index (κ1) is 17.9. The van der Waals surface area contributed by atoms with E-state index in [0.717, 1.165) is 6.42 Å². The largest absolute Gasteiger partial charge is 0.500 e. The summed E-state index contributed by atoms with van der Waals surface area (Å²) in [6.45, 7) is 8.00. The zero-order valence-corrected chi connectivity index (χ0v) is 14.0. The molecule has 1 aromatic rings. The molecule has 1 amide bonds. The fourth-order valence-electron chi connectivity index (χ4n) is 2.00. The van der Waals surface area contributed by atoms with Gasteiger partial charge in [0.15, 0.2) is 5.76 Å². The fourth-order valence-corrected chi connectivity index (χ4v) is 4.62. The van der Waals surface area contributed by atoms with Crippen LogP contribution in [0.5, 0.6) is 0 Å². The van der Waals surface area contributed by atoms with Crippen LogP contribution in [0.4, 0.5) is 0 Å². The minimum Gasteiger partial charge on any atom is -0.459 e. The van der Waals surface area contributed by atoms with Crippen LogP contribution in [0, 0.1) is 0 Å². The summed E-state index contributed by atoms with van der Waals surface area (Å²) in [6.07, 6.45) is 2.21. The topological polar surface area (TPSA) is 69.9 Å². The highest BCUT2D eigenvalue weighted by atomic mass is 28.4. The molecule has 0 bridgehead atoms. The van der Waals surface area contributed by atoms with Crippen LogP contribution < -0.4 is 5.32 Å². The molecule has 0 saturated heterocycles. The molecule has 0 saturated carbocycles. The molecule has 0 spiro atoms. The second-order valence-corrected chi connectivity index (χ2v) is 7.05. The van der Waals surface area contributed by atoms with Crippen LogP contribution in [0.1, 0.15) is 37.7 Å². The number of hydrogen-bond acceptors (Lipinski definition) is 5. The van der Waals surface area contributed by atoms with Crippen molar-refractivity contribution in [2.45, 2.75) is 33.2 Å². The van der Waals surface area contributed by atoms with Crippen molar-refractivity contribution in [3.8, 4) is 0 Å². The predicted octanol–water partition coefficient (Wildman–Crippen LogP) is 2.45. The highest BCUT2D eigenvalue weighted by Crippen LogP contribution is 2.17. The molecular formula is C14H25NO5Si. The van der Waals surface area contributed by atoms with E-state index in [1.807, 2.05) is 20.8 Å². The van der Waals surface area contributed by atoms with Crippen molar-refractivity contribution < 1.29 is 22.5 Å². The van der Waals surface area contributed by atoms with E-state index in [0.29, 0.717) is 38.2 Å². The molecule has 0 aliphatic carbocycles. The quantitative estimate of drug-likeness (QED) is 0.502. The minimum absolute atomic E-state index is 0.212. The monoisotopic (exact) mass is 315 g/mol. The summed E-state index contributed by atoms with van der Waals surface area (Å²) < 4.78 is 22.3. The van der Waals surface area contributed by atoms with Crippen molar-refractivity contribution in [2.24, 2.45) is 0 Å². The molecule has 1 N–H and O–H groups in total. The summed E-state index contributed by atoms with van der Waals surface area (Å²) in [5.74, 6) is 0.106. The van der Waals surface area contributed by atoms with Gasteiger partial charge in [0.05, 0.1) is 6.26 Å². The van der Waals surface area contributed by atoms with Gasteiger partial charge in [-0.15, -0.1) is 0 Å². The van der Waals surface area contributed by atoms with E-state index in [-0.39, 0.29) is 5.91 Å². The Bertz CT molecular complexity index is 379. The second-order valence-electron chi connectivity index (χ2n) is 4.32. The number of furan rings is 1. The fraction of sp³-hybridized carbons (Fsp3) is 0.643. The van der Waals surface area contributed by atoms with E-state index in [1.54, 1.807) is 12.1 Å². The summed E-state index contributed by atoms with van der Waals surface area (Å²) in [7, 11) is -2.61. The van der Waals surface area contributed by atoms with Crippen LogP contribution >= 0.6 is 0 Å². The highest BCUT2D eigenvalue weighted by Gasteiger charge is 2.39. The van der Waals surface area contributed by atoms with Crippen LogP contribution in [0.2, 0.25) is 6.04 Å². The molecule has 21 heavy (non-hydrogen) atoms. The third-order valence-corrected chi connectivity index (χ3v) is 5.93. The zero-order chi connectivity index (χ0) is 15.6. The van der Waals surface area contributed by atoms with Gasteiger partial charge >= 0.3 is 8.80 Å². The van der Waals surface area contributed by atoms with E-state index in [2.05, 4.69) is 5.32 Å². The third kappa shape index (κ3) is 6.00. The average molecular weight is 315 g/mol. The normalized spacial score (nSPS) is 11.6. The molecule has 0 aromatic carbocycles. The Morgan fingerprint density at radius 3 is 2.29 bits per heavy atom. The average Bonchev–Trinajstić information content (AvgIpc) is 2.98. The van der Waals surface area contributed by atoms with E-state index in [1.165, 1.54) is 6.26 Å². The summed E-state index contributed by atoms with van der Waals surface area (Å²) >= 11 is 0. The van der Waals surface area contributed by atoms with Gasteiger partial charge in [-0.25, -0.2) is 0 Å². The van der Waals surface area contributed by atoms with Crippen molar-refractivity contribution in [1.82, 2.24) is 5.32 Å². The maximum atomic E-state index is 11.7. The Balaban J connectivity index is 2.40. The number of carbonyl (C=O) groups is 1. The molecule has 7 heteroatoms. The van der Waals surface area contributed by atoms with Crippen LogP contribution in [0.25, 0.3) is 0 Å². The van der Waals surface area contributed by atoms with Crippen molar-refractivity contribution >= 4 is 14.7 Å². The first-order valence-corrected chi connectivity index (χ1v) is 9.34. The molecule has 0 atom stereocenters. The van der Waals surface area contributed by atoms with Gasteiger partial charge in [0.1, 0.15) is 0 Å². The van der Waals surface area contributed by atoms with E-state index < -0.39 is 8.80 Å². The van der Waals surface area contributed by atoms with Crippen molar-refractivity contribution in [3.05, 3.63) is 24.2 Å². The highest BCUT2D eigenvalue weighted by molar-refractivity contribution is 6.60. The van der Waals surface area contributed by atoms with Gasteiger partial charge in [0, 0.05) is 32.4 Å². The lowest BCUT2D eigenvalue weighted by atomic mass is 10.4. The number of nitrogens with one attached hydrogen (secondary N) is 1. The minimum atomic E-state index is -2.61. The number of hydrogen-bond donors (Lipinski definition) is 1. The van der Waals surface area contributed by atoms with E-state index in [4.69, 9.17) is 17.7 Å². The standard InChI is InChI=1S/C14H25NO5Si/c1-4-18-21(19-5-2,20-6-3)12-8-10-15-14(16)13-9-7-11-17-13/h7,9,11H,4-6,8,10,12H2,1-3H3,(H,15,16). The van der Waals surface area contributed by atoms with E-state index >= 15 is 0 Å². The molecule has 0 aliphatic heterocycles. The lowest BCUT2D eigenvalue weighted by molar-refractivity contribution is 0.0704. The summed E-state index contributed by atoms with van der Waals surface area (Å²) in [6, 6.07) is 4.00. The predicted molar refractivity (Wildman–Crippen MR) is 81.1 cm³/mol. The Hall–Kier alpha value is -1.15. The summed E-state index contributed by atoms with van der Waals surface area (Å²) in [5.41, 5.74) is 0. The number of rotatable bonds is 11. The molecule has 1 heterocycles. The third-order valence-electron chi connectivity index (χ3n) is 2.78. The second kappa shape index (κ2) is 9.72. The van der Waals surface area contributed by atoms with Gasteiger partial charge in [-0.3, -0.25) is 4.79 Å². The Morgan fingerprint density at radius 1 is 1.19 bits per heavy atom. The van der Waals surface area contributed by atoms with Crippen LogP contribution in [0.3, 0.4) is 0 Å². The molecule has 1 aromatic heterocycles. The van der Waals surface area contributed by atoms with Gasteiger partial charge in [-0.05, 0) is 39.3 Å². The van der Waals surface area contributed by atoms with Crippen LogP contribution in [-0.2, 0) is 13.3 Å². The number of carbonyl (C=O) groups excluding carboxylic acids is 1. The molecule has 0 fully saturated rings. The lowest BCUT2D eigenvalue weighted by Gasteiger charge is -2.28. The Labute approximate surface area is 127 Å². The summed E-state index contributed by atoms with van der Waals surface area (Å²) in [5, 5.41) is 2.81. The van der Waals surface area contributed by atoms with Crippen molar-refractivity contribution in [2.75, 3.05) is 26.4 Å².